The number of rotatable bonds is 4. The Bertz CT molecular complexity index is 1220. The molecule has 3 aromatic heterocycles. The number of aromatic nitrogens is 4. The minimum atomic E-state index is 0. The first-order valence-electron chi connectivity index (χ1n) is 10.7. The van der Waals surface area contributed by atoms with Crippen LogP contribution in [0.5, 0.6) is 0 Å². The molecule has 0 aliphatic rings. The Balaban J connectivity index is 0.00000162. The molecular formula is C28H24Cl2N4. The van der Waals surface area contributed by atoms with Gasteiger partial charge in [-0.1, -0.05) is 35.4 Å². The van der Waals surface area contributed by atoms with Gasteiger partial charge in [-0.25, -0.2) is 0 Å². The molecule has 0 saturated carbocycles. The van der Waals surface area contributed by atoms with Crippen LogP contribution >= 0.6 is 0 Å². The molecule has 0 unspecified atom stereocenters. The summed E-state index contributed by atoms with van der Waals surface area (Å²) in [5, 5.41) is 0. The summed E-state index contributed by atoms with van der Waals surface area (Å²) >= 11 is 0. The average Bonchev–Trinajstić information content (AvgIpc) is 2.85. The zero-order chi connectivity index (χ0) is 21.9. The molecule has 0 fully saturated rings. The summed E-state index contributed by atoms with van der Waals surface area (Å²) in [6.07, 6.45) is 11.9. The van der Waals surface area contributed by atoms with E-state index in [1.807, 2.05) is 12.4 Å². The molecule has 0 aliphatic heterocycles. The van der Waals surface area contributed by atoms with Crippen LogP contribution in [-0.2, 0) is 0 Å². The molecule has 2 aromatic carbocycles. The maximum absolute atomic E-state index is 4.65. The second-order valence-corrected chi connectivity index (χ2v) is 7.95. The smallest absolute Gasteiger partial charge is 0.210 e. The Morgan fingerprint density at radius 1 is 0.471 bits per heavy atom. The molecule has 0 N–H and O–H groups in total. The van der Waals surface area contributed by atoms with Crippen molar-refractivity contribution in [2.45, 2.75) is 13.8 Å². The summed E-state index contributed by atoms with van der Waals surface area (Å²) < 4.78 is 4.19. The molecule has 0 amide bonds. The first-order chi connectivity index (χ1) is 15.7. The molecule has 170 valence electrons. The molecule has 5 aromatic rings. The molecule has 3 heterocycles. The summed E-state index contributed by atoms with van der Waals surface area (Å²) in [5.41, 5.74) is 8.57. The van der Waals surface area contributed by atoms with Crippen molar-refractivity contribution in [3.63, 3.8) is 0 Å². The summed E-state index contributed by atoms with van der Waals surface area (Å²) in [7, 11) is 0. The summed E-state index contributed by atoms with van der Waals surface area (Å²) in [4.78, 5) is 9.30. The minimum Gasteiger partial charge on any atom is -1.00 e. The lowest BCUT2D eigenvalue weighted by atomic mass is 10.1. The zero-order valence-corrected chi connectivity index (χ0v) is 20.4. The Morgan fingerprint density at radius 2 is 0.794 bits per heavy atom. The van der Waals surface area contributed by atoms with Gasteiger partial charge in [-0.2, -0.15) is 9.13 Å². The van der Waals surface area contributed by atoms with Crippen LogP contribution in [0.2, 0.25) is 0 Å². The number of hydrogen-bond donors (Lipinski definition) is 0. The molecular weight excluding hydrogens is 463 g/mol. The molecule has 0 aliphatic carbocycles. The third-order valence-electron chi connectivity index (χ3n) is 5.57. The van der Waals surface area contributed by atoms with Crippen LogP contribution in [-0.4, -0.2) is 9.97 Å². The predicted molar refractivity (Wildman–Crippen MR) is 125 cm³/mol. The molecule has 0 saturated heterocycles. The fourth-order valence-electron chi connectivity index (χ4n) is 3.60. The molecule has 0 radical (unpaired) electrons. The SMILES string of the molecule is Cc1ccc(-[n+]2ccc(-c3cnc(-c4cc[n+](-c5ccc(C)cc5)cc4)cn3)cc2)cc1.[Cl-].[Cl-]. The summed E-state index contributed by atoms with van der Waals surface area (Å²) in [6, 6.07) is 25.2. The van der Waals surface area contributed by atoms with E-state index in [2.05, 4.69) is 131 Å². The van der Waals surface area contributed by atoms with Gasteiger partial charge in [-0.15, -0.1) is 0 Å². The largest absolute Gasteiger partial charge is 1.00 e. The van der Waals surface area contributed by atoms with E-state index in [0.717, 1.165) is 33.9 Å². The Labute approximate surface area is 212 Å². The van der Waals surface area contributed by atoms with E-state index in [-0.39, 0.29) is 24.8 Å². The number of hydrogen-bond acceptors (Lipinski definition) is 2. The van der Waals surface area contributed by atoms with E-state index in [9.17, 15) is 0 Å². The van der Waals surface area contributed by atoms with E-state index in [0.29, 0.717) is 0 Å². The molecule has 6 heteroatoms. The van der Waals surface area contributed by atoms with Crippen molar-refractivity contribution >= 4 is 0 Å². The number of pyridine rings is 2. The van der Waals surface area contributed by atoms with Crippen LogP contribution in [0.1, 0.15) is 11.1 Å². The van der Waals surface area contributed by atoms with Gasteiger partial charge in [-0.05, 0) is 13.8 Å². The average molecular weight is 487 g/mol. The van der Waals surface area contributed by atoms with E-state index < -0.39 is 0 Å². The second kappa shape index (κ2) is 11.0. The highest BCUT2D eigenvalue weighted by Gasteiger charge is 2.10. The fraction of sp³-hybridized carbons (Fsp3) is 0.0714. The molecule has 5 rings (SSSR count). The van der Waals surface area contributed by atoms with Gasteiger partial charge in [0.05, 0.1) is 23.8 Å². The minimum absolute atomic E-state index is 0. The maximum atomic E-state index is 4.65. The lowest BCUT2D eigenvalue weighted by molar-refractivity contribution is -0.595. The second-order valence-electron chi connectivity index (χ2n) is 7.95. The van der Waals surface area contributed by atoms with Gasteiger partial charge in [0.2, 0.25) is 11.4 Å². The topological polar surface area (TPSA) is 33.5 Å². The van der Waals surface area contributed by atoms with Gasteiger partial charge in [-0.3, -0.25) is 9.97 Å². The highest BCUT2D eigenvalue weighted by atomic mass is 35.5. The van der Waals surface area contributed by atoms with Gasteiger partial charge in [0, 0.05) is 59.7 Å². The van der Waals surface area contributed by atoms with Crippen molar-refractivity contribution in [2.24, 2.45) is 0 Å². The van der Waals surface area contributed by atoms with Crippen molar-refractivity contribution in [1.29, 1.82) is 0 Å². The van der Waals surface area contributed by atoms with Gasteiger partial charge in [0.1, 0.15) is 0 Å². The van der Waals surface area contributed by atoms with Crippen molar-refractivity contribution in [3.05, 3.63) is 121 Å². The van der Waals surface area contributed by atoms with E-state index in [4.69, 9.17) is 0 Å². The summed E-state index contributed by atoms with van der Waals surface area (Å²) in [5.74, 6) is 0. The fourth-order valence-corrected chi connectivity index (χ4v) is 3.60. The van der Waals surface area contributed by atoms with Crippen LogP contribution in [0, 0.1) is 13.8 Å². The van der Waals surface area contributed by atoms with Crippen LogP contribution in [0.25, 0.3) is 33.9 Å². The molecule has 34 heavy (non-hydrogen) atoms. The monoisotopic (exact) mass is 486 g/mol. The van der Waals surface area contributed by atoms with Crippen LogP contribution in [0.4, 0.5) is 0 Å². The van der Waals surface area contributed by atoms with Crippen LogP contribution in [0.15, 0.2) is 110 Å². The third kappa shape index (κ3) is 5.48. The summed E-state index contributed by atoms with van der Waals surface area (Å²) in [6.45, 7) is 4.19. The van der Waals surface area contributed by atoms with Gasteiger partial charge < -0.3 is 24.8 Å². The van der Waals surface area contributed by atoms with Gasteiger partial charge >= 0.3 is 0 Å². The van der Waals surface area contributed by atoms with Crippen LogP contribution < -0.4 is 33.9 Å². The first kappa shape index (κ1) is 25.0. The quantitative estimate of drug-likeness (QED) is 0.305. The van der Waals surface area contributed by atoms with Gasteiger partial charge in [0.15, 0.2) is 24.8 Å². The number of nitrogens with zero attached hydrogens (tertiary/aromatic N) is 4. The maximum Gasteiger partial charge on any atom is 0.210 e. The highest BCUT2D eigenvalue weighted by Crippen LogP contribution is 2.19. The molecule has 0 spiro atoms. The Morgan fingerprint density at radius 3 is 1.09 bits per heavy atom. The van der Waals surface area contributed by atoms with Crippen LogP contribution in [0.3, 0.4) is 0 Å². The van der Waals surface area contributed by atoms with Gasteiger partial charge in [0.25, 0.3) is 0 Å². The first-order valence-corrected chi connectivity index (χ1v) is 10.7. The van der Waals surface area contributed by atoms with E-state index in [1.165, 1.54) is 11.1 Å². The number of aryl methyl sites for hydroxylation is 2. The van der Waals surface area contributed by atoms with Crippen molar-refractivity contribution in [1.82, 2.24) is 9.97 Å². The highest BCUT2D eigenvalue weighted by molar-refractivity contribution is 5.61. The normalized spacial score (nSPS) is 10.2. The van der Waals surface area contributed by atoms with Crippen molar-refractivity contribution in [3.8, 4) is 33.9 Å². The van der Waals surface area contributed by atoms with E-state index >= 15 is 0 Å². The van der Waals surface area contributed by atoms with E-state index in [1.54, 1.807) is 0 Å². The third-order valence-corrected chi connectivity index (χ3v) is 5.57. The molecule has 4 nitrogen and oxygen atoms in total. The standard InChI is InChI=1S/C28H24N4.2ClH/c1-21-3-7-25(8-4-21)31-15-11-23(12-16-31)27-19-30-28(20-29-27)24-13-17-32(18-14-24)26-9-5-22(2)6-10-26;;/h3-20H,1-2H3;2*1H/q+2;;/p-2. The Hall–Kier alpha value is -3.60. The molecule has 0 atom stereocenters. The molecule has 0 bridgehead atoms. The predicted octanol–water partition coefficient (Wildman–Crippen LogP) is -1.01. The zero-order valence-electron chi connectivity index (χ0n) is 18.9. The Kier molecular flexibility index (Phi) is 8.11. The van der Waals surface area contributed by atoms with Crippen molar-refractivity contribution < 1.29 is 33.9 Å². The number of benzene rings is 2. The lowest BCUT2D eigenvalue weighted by Crippen LogP contribution is -3.00. The lowest BCUT2D eigenvalue weighted by Gasteiger charge is -2.03. The number of halogens is 2. The van der Waals surface area contributed by atoms with Crippen molar-refractivity contribution in [2.75, 3.05) is 0 Å².